The number of alkyl halides is 1. The summed E-state index contributed by atoms with van der Waals surface area (Å²) < 4.78 is 53.4. The zero-order valence-electron chi connectivity index (χ0n) is 10.5. The molecule has 2 unspecified atom stereocenters. The van der Waals surface area contributed by atoms with E-state index in [4.69, 9.17) is 5.73 Å². The van der Waals surface area contributed by atoms with Gasteiger partial charge in [0.2, 0.25) is 0 Å². The van der Waals surface area contributed by atoms with Gasteiger partial charge in [-0.15, -0.1) is 0 Å². The van der Waals surface area contributed by atoms with Crippen LogP contribution in [-0.2, 0) is 6.42 Å². The van der Waals surface area contributed by atoms with Crippen LogP contribution >= 0.6 is 0 Å². The van der Waals surface area contributed by atoms with Gasteiger partial charge in [-0.3, -0.25) is 0 Å². The number of nitrogens with two attached hydrogens (primary N) is 1. The molecule has 5 heteroatoms. The van der Waals surface area contributed by atoms with Crippen LogP contribution in [0.2, 0.25) is 0 Å². The first-order valence-corrected chi connectivity index (χ1v) is 6.07. The summed E-state index contributed by atoms with van der Waals surface area (Å²) in [7, 11) is 0. The van der Waals surface area contributed by atoms with E-state index < -0.39 is 36.1 Å². The Morgan fingerprint density at radius 1 is 0.900 bits per heavy atom. The molecule has 106 valence electrons. The normalized spacial score (nSPS) is 14.1. The van der Waals surface area contributed by atoms with Crippen LogP contribution in [0.15, 0.2) is 42.5 Å². The maximum atomic E-state index is 14.1. The second-order valence-electron chi connectivity index (χ2n) is 4.49. The third kappa shape index (κ3) is 2.99. The van der Waals surface area contributed by atoms with E-state index in [1.165, 1.54) is 0 Å². The van der Waals surface area contributed by atoms with Crippen LogP contribution in [0.25, 0.3) is 0 Å². The van der Waals surface area contributed by atoms with Gasteiger partial charge in [0, 0.05) is 6.42 Å². The molecule has 0 fully saturated rings. The lowest BCUT2D eigenvalue weighted by Gasteiger charge is -2.17. The lowest BCUT2D eigenvalue weighted by Crippen LogP contribution is -2.25. The van der Waals surface area contributed by atoms with Gasteiger partial charge >= 0.3 is 0 Å². The van der Waals surface area contributed by atoms with Crippen LogP contribution in [0.1, 0.15) is 17.2 Å². The number of hydrogen-bond acceptors (Lipinski definition) is 1. The molecule has 2 rings (SSSR count). The summed E-state index contributed by atoms with van der Waals surface area (Å²) >= 11 is 0. The van der Waals surface area contributed by atoms with Gasteiger partial charge in [0.1, 0.15) is 6.17 Å². The van der Waals surface area contributed by atoms with Crippen molar-refractivity contribution in [3.05, 3.63) is 71.0 Å². The molecule has 2 N–H and O–H groups in total. The van der Waals surface area contributed by atoms with Gasteiger partial charge in [0.05, 0.1) is 6.04 Å². The van der Waals surface area contributed by atoms with Gasteiger partial charge in [-0.1, -0.05) is 36.4 Å². The zero-order valence-corrected chi connectivity index (χ0v) is 10.5. The SMILES string of the molecule is NC(c1ccccc1)C(F)Cc1ccc(F)c(F)c1F. The fraction of sp³-hybridized carbons (Fsp3) is 0.200. The Hall–Kier alpha value is -1.88. The van der Waals surface area contributed by atoms with Crippen molar-refractivity contribution >= 4 is 0 Å². The van der Waals surface area contributed by atoms with Crippen molar-refractivity contribution < 1.29 is 17.6 Å². The Kier molecular flexibility index (Phi) is 4.39. The number of hydrogen-bond donors (Lipinski definition) is 1. The first-order valence-electron chi connectivity index (χ1n) is 6.07. The molecule has 0 amide bonds. The Labute approximate surface area is 114 Å². The van der Waals surface area contributed by atoms with Crippen molar-refractivity contribution in [3.63, 3.8) is 0 Å². The van der Waals surface area contributed by atoms with Gasteiger partial charge in [-0.2, -0.15) is 0 Å². The third-order valence-corrected chi connectivity index (χ3v) is 3.10. The van der Waals surface area contributed by atoms with E-state index in [0.29, 0.717) is 5.56 Å². The van der Waals surface area contributed by atoms with Crippen LogP contribution < -0.4 is 5.73 Å². The molecule has 0 heterocycles. The highest BCUT2D eigenvalue weighted by atomic mass is 19.2. The highest BCUT2D eigenvalue weighted by molar-refractivity contribution is 5.24. The van der Waals surface area contributed by atoms with Gasteiger partial charge < -0.3 is 5.73 Å². The fourth-order valence-corrected chi connectivity index (χ4v) is 1.94. The molecule has 0 aliphatic carbocycles. The second-order valence-corrected chi connectivity index (χ2v) is 4.49. The zero-order chi connectivity index (χ0) is 14.7. The largest absolute Gasteiger partial charge is 0.322 e. The Morgan fingerprint density at radius 2 is 1.55 bits per heavy atom. The smallest absolute Gasteiger partial charge is 0.194 e. The maximum absolute atomic E-state index is 14.1. The van der Waals surface area contributed by atoms with Crippen molar-refractivity contribution in [2.45, 2.75) is 18.6 Å². The first-order chi connectivity index (χ1) is 9.50. The van der Waals surface area contributed by atoms with Gasteiger partial charge in [0.15, 0.2) is 17.5 Å². The Morgan fingerprint density at radius 3 is 2.20 bits per heavy atom. The molecule has 20 heavy (non-hydrogen) atoms. The predicted octanol–water partition coefficient (Wildman–Crippen LogP) is 3.68. The Balaban J connectivity index is 2.16. The van der Waals surface area contributed by atoms with E-state index in [2.05, 4.69) is 0 Å². The molecular weight excluding hydrogens is 270 g/mol. The standard InChI is InChI=1S/C15H13F4N/c16-11-7-6-10(13(18)14(11)19)8-12(17)15(20)9-4-2-1-3-5-9/h1-7,12,15H,8,20H2. The van der Waals surface area contributed by atoms with Crippen molar-refractivity contribution in [2.24, 2.45) is 5.73 Å². The quantitative estimate of drug-likeness (QED) is 0.672. The van der Waals surface area contributed by atoms with Gasteiger partial charge in [-0.05, 0) is 17.2 Å². The van der Waals surface area contributed by atoms with Gasteiger partial charge in [-0.25, -0.2) is 17.6 Å². The summed E-state index contributed by atoms with van der Waals surface area (Å²) in [4.78, 5) is 0. The molecule has 0 aromatic heterocycles. The highest BCUT2D eigenvalue weighted by Gasteiger charge is 2.22. The molecule has 0 aliphatic heterocycles. The monoisotopic (exact) mass is 283 g/mol. The number of rotatable bonds is 4. The molecule has 1 nitrogen and oxygen atoms in total. The molecule has 2 aromatic rings. The lowest BCUT2D eigenvalue weighted by atomic mass is 9.97. The molecule has 0 saturated carbocycles. The summed E-state index contributed by atoms with van der Waals surface area (Å²) in [6.07, 6.45) is -2.02. The minimum absolute atomic E-state index is 0.234. The van der Waals surface area contributed by atoms with E-state index in [9.17, 15) is 17.6 Å². The van der Waals surface area contributed by atoms with Crippen LogP contribution in [0.5, 0.6) is 0 Å². The summed E-state index contributed by atoms with van der Waals surface area (Å²) in [5.41, 5.74) is 6.06. The van der Waals surface area contributed by atoms with Crippen molar-refractivity contribution in [1.82, 2.24) is 0 Å². The summed E-state index contributed by atoms with van der Waals surface area (Å²) in [5.74, 6) is -4.26. The maximum Gasteiger partial charge on any atom is 0.194 e. The van der Waals surface area contributed by atoms with Crippen LogP contribution in [0.3, 0.4) is 0 Å². The molecule has 0 aliphatic rings. The van der Waals surface area contributed by atoms with Gasteiger partial charge in [0.25, 0.3) is 0 Å². The predicted molar refractivity (Wildman–Crippen MR) is 68.3 cm³/mol. The average molecular weight is 283 g/mol. The summed E-state index contributed by atoms with van der Waals surface area (Å²) in [6.45, 7) is 0. The van der Waals surface area contributed by atoms with E-state index in [0.717, 1.165) is 12.1 Å². The summed E-state index contributed by atoms with van der Waals surface area (Å²) in [5, 5.41) is 0. The summed E-state index contributed by atoms with van der Waals surface area (Å²) in [6, 6.07) is 9.33. The lowest BCUT2D eigenvalue weighted by molar-refractivity contribution is 0.278. The Bertz CT molecular complexity index is 586. The molecule has 0 saturated heterocycles. The molecule has 0 radical (unpaired) electrons. The van der Waals surface area contributed by atoms with Crippen LogP contribution in [-0.4, -0.2) is 6.17 Å². The minimum atomic E-state index is -1.60. The topological polar surface area (TPSA) is 26.0 Å². The van der Waals surface area contributed by atoms with E-state index in [-0.39, 0.29) is 5.56 Å². The van der Waals surface area contributed by atoms with Crippen molar-refractivity contribution in [2.75, 3.05) is 0 Å². The minimum Gasteiger partial charge on any atom is -0.322 e. The van der Waals surface area contributed by atoms with Crippen molar-refractivity contribution in [3.8, 4) is 0 Å². The molecule has 0 bridgehead atoms. The van der Waals surface area contributed by atoms with Crippen LogP contribution in [0.4, 0.5) is 17.6 Å². The van der Waals surface area contributed by atoms with Crippen molar-refractivity contribution in [1.29, 1.82) is 0 Å². The average Bonchev–Trinajstić information content (AvgIpc) is 2.48. The molecular formula is C15H13F4N. The number of halogens is 4. The van der Waals surface area contributed by atoms with Crippen LogP contribution in [0, 0.1) is 17.5 Å². The van der Waals surface area contributed by atoms with E-state index in [1.807, 2.05) is 0 Å². The molecule has 0 spiro atoms. The molecule has 2 aromatic carbocycles. The fourth-order valence-electron chi connectivity index (χ4n) is 1.94. The molecule has 2 atom stereocenters. The number of benzene rings is 2. The van der Waals surface area contributed by atoms with E-state index in [1.54, 1.807) is 30.3 Å². The highest BCUT2D eigenvalue weighted by Crippen LogP contribution is 2.23. The van der Waals surface area contributed by atoms with E-state index >= 15 is 0 Å². The first kappa shape index (κ1) is 14.5. The second kappa shape index (κ2) is 6.05. The third-order valence-electron chi connectivity index (χ3n) is 3.10.